The third kappa shape index (κ3) is 5.71. The van der Waals surface area contributed by atoms with Gasteiger partial charge in [0.1, 0.15) is 0 Å². The summed E-state index contributed by atoms with van der Waals surface area (Å²) < 4.78 is 22.1. The average molecular weight is 294 g/mol. The number of rotatable bonds is 5. The molecule has 0 unspecified atom stereocenters. The van der Waals surface area contributed by atoms with Gasteiger partial charge in [0.15, 0.2) is 0 Å². The molecule has 15 heavy (non-hydrogen) atoms. The van der Waals surface area contributed by atoms with E-state index in [9.17, 15) is 8.42 Å². The van der Waals surface area contributed by atoms with Crippen molar-refractivity contribution in [1.82, 2.24) is 4.98 Å². The van der Waals surface area contributed by atoms with E-state index in [4.69, 9.17) is 5.14 Å². The lowest BCUT2D eigenvalue weighted by Gasteiger charge is -2.05. The van der Waals surface area contributed by atoms with Gasteiger partial charge in [-0.1, -0.05) is 0 Å². The Kier molecular flexibility index (Phi) is 4.49. The quantitative estimate of drug-likeness (QED) is 0.791. The van der Waals surface area contributed by atoms with E-state index in [-0.39, 0.29) is 5.75 Å². The summed E-state index contributed by atoms with van der Waals surface area (Å²) in [6, 6.07) is 1.87. The van der Waals surface area contributed by atoms with Gasteiger partial charge < -0.3 is 5.32 Å². The first kappa shape index (κ1) is 12.4. The number of nitrogens with two attached hydrogens (primary N) is 1. The van der Waals surface area contributed by atoms with Gasteiger partial charge in [0.25, 0.3) is 0 Å². The number of sulfonamides is 1. The zero-order valence-corrected chi connectivity index (χ0v) is 10.4. The number of pyridine rings is 1. The van der Waals surface area contributed by atoms with Crippen LogP contribution in [0.1, 0.15) is 6.42 Å². The molecule has 0 aliphatic heterocycles. The first-order chi connectivity index (χ1) is 6.97. The van der Waals surface area contributed by atoms with Crippen molar-refractivity contribution in [3.8, 4) is 0 Å². The van der Waals surface area contributed by atoms with Gasteiger partial charge in [-0.15, -0.1) is 0 Å². The smallest absolute Gasteiger partial charge is 0.209 e. The molecule has 0 atom stereocenters. The molecule has 0 saturated heterocycles. The van der Waals surface area contributed by atoms with Crippen LogP contribution in [0.4, 0.5) is 5.69 Å². The number of primary sulfonamides is 1. The Bertz CT molecular complexity index is 422. The molecule has 0 aromatic carbocycles. The van der Waals surface area contributed by atoms with Gasteiger partial charge in [-0.2, -0.15) is 0 Å². The Labute approximate surface area is 97.3 Å². The molecule has 84 valence electrons. The van der Waals surface area contributed by atoms with E-state index >= 15 is 0 Å². The topological polar surface area (TPSA) is 85.1 Å². The van der Waals surface area contributed by atoms with Crippen LogP contribution in [0.25, 0.3) is 0 Å². The van der Waals surface area contributed by atoms with Gasteiger partial charge in [0.05, 0.1) is 17.6 Å². The molecule has 0 aliphatic rings. The molecule has 5 nitrogen and oxygen atoms in total. The summed E-state index contributed by atoms with van der Waals surface area (Å²) in [6.45, 7) is 0.550. The second-order valence-electron chi connectivity index (χ2n) is 3.04. The van der Waals surface area contributed by atoms with Crippen LogP contribution in [-0.4, -0.2) is 25.7 Å². The summed E-state index contributed by atoms with van der Waals surface area (Å²) in [4.78, 5) is 3.96. The lowest BCUT2D eigenvalue weighted by atomic mass is 10.4. The maximum atomic E-state index is 10.6. The van der Waals surface area contributed by atoms with Crippen LogP contribution in [0.15, 0.2) is 22.9 Å². The highest BCUT2D eigenvalue weighted by Crippen LogP contribution is 2.13. The Morgan fingerprint density at radius 2 is 2.20 bits per heavy atom. The van der Waals surface area contributed by atoms with E-state index in [0.717, 1.165) is 10.2 Å². The Balaban J connectivity index is 2.32. The molecule has 1 aromatic rings. The maximum absolute atomic E-state index is 10.6. The van der Waals surface area contributed by atoms with Crippen LogP contribution in [-0.2, 0) is 10.0 Å². The van der Waals surface area contributed by atoms with E-state index in [1.165, 1.54) is 0 Å². The highest BCUT2D eigenvalue weighted by Gasteiger charge is 2.01. The summed E-state index contributed by atoms with van der Waals surface area (Å²) in [5.74, 6) is -0.0125. The van der Waals surface area contributed by atoms with Crippen molar-refractivity contribution in [1.29, 1.82) is 0 Å². The van der Waals surface area contributed by atoms with Crippen LogP contribution < -0.4 is 10.5 Å². The first-order valence-electron chi connectivity index (χ1n) is 4.32. The fourth-order valence-electron chi connectivity index (χ4n) is 1.01. The molecule has 0 saturated carbocycles. The average Bonchev–Trinajstić information content (AvgIpc) is 2.11. The van der Waals surface area contributed by atoms with Crippen molar-refractivity contribution >= 4 is 31.6 Å². The molecule has 0 amide bonds. The molecule has 1 heterocycles. The summed E-state index contributed by atoms with van der Waals surface area (Å²) in [6.07, 6.45) is 3.82. The molecule has 0 spiro atoms. The van der Waals surface area contributed by atoms with Gasteiger partial charge in [0, 0.05) is 17.2 Å². The standard InChI is InChI=1S/C8H12BrN3O2S/c9-7-4-8(6-11-5-7)12-2-1-3-15(10,13)14/h4-6,12H,1-3H2,(H2,10,13,14). The SMILES string of the molecule is NS(=O)(=O)CCCNc1cncc(Br)c1. The second kappa shape index (κ2) is 5.43. The highest BCUT2D eigenvalue weighted by molar-refractivity contribution is 9.10. The zero-order valence-electron chi connectivity index (χ0n) is 7.98. The van der Waals surface area contributed by atoms with Gasteiger partial charge in [0.2, 0.25) is 10.0 Å². The fraction of sp³-hybridized carbons (Fsp3) is 0.375. The number of nitrogens with zero attached hydrogens (tertiary/aromatic N) is 1. The molecule has 7 heteroatoms. The first-order valence-corrected chi connectivity index (χ1v) is 6.83. The van der Waals surface area contributed by atoms with E-state index < -0.39 is 10.0 Å². The van der Waals surface area contributed by atoms with Crippen molar-refractivity contribution in [2.75, 3.05) is 17.6 Å². The van der Waals surface area contributed by atoms with E-state index in [1.807, 2.05) is 6.07 Å². The summed E-state index contributed by atoms with van der Waals surface area (Å²) >= 11 is 3.28. The zero-order chi connectivity index (χ0) is 11.3. The van der Waals surface area contributed by atoms with Crippen molar-refractivity contribution in [2.24, 2.45) is 5.14 Å². The molecule has 1 rings (SSSR count). The molecule has 0 radical (unpaired) electrons. The lowest BCUT2D eigenvalue weighted by Crippen LogP contribution is -2.18. The lowest BCUT2D eigenvalue weighted by molar-refractivity contribution is 0.596. The molecule has 1 aromatic heterocycles. The highest BCUT2D eigenvalue weighted by atomic mass is 79.9. The molecule has 0 fully saturated rings. The van der Waals surface area contributed by atoms with Crippen molar-refractivity contribution < 1.29 is 8.42 Å². The van der Waals surface area contributed by atoms with E-state index in [0.29, 0.717) is 13.0 Å². The Morgan fingerprint density at radius 1 is 1.47 bits per heavy atom. The Morgan fingerprint density at radius 3 is 2.80 bits per heavy atom. The molecular weight excluding hydrogens is 282 g/mol. The second-order valence-corrected chi connectivity index (χ2v) is 5.69. The Hall–Kier alpha value is -0.660. The largest absolute Gasteiger partial charge is 0.384 e. The van der Waals surface area contributed by atoms with Gasteiger partial charge in [-0.3, -0.25) is 4.98 Å². The van der Waals surface area contributed by atoms with Crippen molar-refractivity contribution in [3.63, 3.8) is 0 Å². The number of nitrogens with one attached hydrogen (secondary N) is 1. The minimum Gasteiger partial charge on any atom is -0.384 e. The molecule has 3 N–H and O–H groups in total. The van der Waals surface area contributed by atoms with Crippen LogP contribution >= 0.6 is 15.9 Å². The van der Waals surface area contributed by atoms with E-state index in [2.05, 4.69) is 26.2 Å². The third-order valence-electron chi connectivity index (χ3n) is 1.64. The summed E-state index contributed by atoms with van der Waals surface area (Å²) in [5.41, 5.74) is 0.846. The normalized spacial score (nSPS) is 11.3. The predicted molar refractivity (Wildman–Crippen MR) is 63.0 cm³/mol. The molecular formula is C8H12BrN3O2S. The van der Waals surface area contributed by atoms with Gasteiger partial charge in [-0.25, -0.2) is 13.6 Å². The van der Waals surface area contributed by atoms with Crippen LogP contribution in [0.5, 0.6) is 0 Å². The maximum Gasteiger partial charge on any atom is 0.209 e. The van der Waals surface area contributed by atoms with Crippen molar-refractivity contribution in [2.45, 2.75) is 6.42 Å². The molecule has 0 aliphatic carbocycles. The number of anilines is 1. The van der Waals surface area contributed by atoms with Crippen molar-refractivity contribution in [3.05, 3.63) is 22.9 Å². The molecule has 0 bridgehead atoms. The number of hydrogen-bond donors (Lipinski definition) is 2. The number of hydrogen-bond acceptors (Lipinski definition) is 4. The van der Waals surface area contributed by atoms with Crippen LogP contribution in [0.3, 0.4) is 0 Å². The summed E-state index contributed by atoms with van der Waals surface area (Å²) in [7, 11) is -3.35. The van der Waals surface area contributed by atoms with Crippen LogP contribution in [0.2, 0.25) is 0 Å². The summed E-state index contributed by atoms with van der Waals surface area (Å²) in [5, 5.41) is 7.91. The van der Waals surface area contributed by atoms with Gasteiger partial charge >= 0.3 is 0 Å². The predicted octanol–water partition coefficient (Wildman–Crippen LogP) is 0.935. The fourth-order valence-corrected chi connectivity index (χ4v) is 1.93. The minimum atomic E-state index is -3.35. The van der Waals surface area contributed by atoms with Crippen LogP contribution in [0, 0.1) is 0 Å². The number of aromatic nitrogens is 1. The third-order valence-corrected chi connectivity index (χ3v) is 2.93. The monoisotopic (exact) mass is 293 g/mol. The number of halogens is 1. The van der Waals surface area contributed by atoms with Gasteiger partial charge in [-0.05, 0) is 28.4 Å². The van der Waals surface area contributed by atoms with E-state index in [1.54, 1.807) is 12.4 Å². The minimum absolute atomic E-state index is 0.0125.